The largest absolute Gasteiger partial charge is 0.376 e. The highest BCUT2D eigenvalue weighted by Gasteiger charge is 2.15. The maximum atomic E-state index is 10.9. The van der Waals surface area contributed by atoms with Gasteiger partial charge in [-0.05, 0) is 12.1 Å². The Kier molecular flexibility index (Phi) is 20.6. The van der Waals surface area contributed by atoms with E-state index in [9.17, 15) is 14.9 Å². The van der Waals surface area contributed by atoms with Crippen molar-refractivity contribution in [3.63, 3.8) is 0 Å². The number of carbonyl (C=O) groups is 1. The minimum absolute atomic E-state index is 0.102. The van der Waals surface area contributed by atoms with Crippen LogP contribution < -0.4 is 16.8 Å². The number of amides is 1. The molecule has 1 aromatic rings. The maximum absolute atomic E-state index is 10.9. The van der Waals surface area contributed by atoms with Crippen LogP contribution in [0.15, 0.2) is 30.4 Å². The van der Waals surface area contributed by atoms with Crippen molar-refractivity contribution in [2.24, 2.45) is 11.5 Å². The van der Waals surface area contributed by atoms with Crippen LogP contribution in [0.5, 0.6) is 0 Å². The highest BCUT2D eigenvalue weighted by molar-refractivity contribution is 5.94. The molecule has 0 spiro atoms. The van der Waals surface area contributed by atoms with E-state index in [1.54, 1.807) is 12.2 Å². The predicted octanol–water partition coefficient (Wildman–Crippen LogP) is 3.70. The second-order valence-corrected chi connectivity index (χ2v) is 3.44. The Bertz CT molecular complexity index is 489. The molecule has 0 aromatic heterocycles. The van der Waals surface area contributed by atoms with E-state index < -0.39 is 10.8 Å². The van der Waals surface area contributed by atoms with Crippen LogP contribution in [-0.2, 0) is 0 Å². The fourth-order valence-electron chi connectivity index (χ4n) is 1.33. The second kappa shape index (κ2) is 18.6. The molecule has 0 aliphatic carbocycles. The lowest BCUT2D eigenvalue weighted by molar-refractivity contribution is -0.384. The van der Waals surface area contributed by atoms with Gasteiger partial charge in [0.1, 0.15) is 5.69 Å². The molecule has 5 N–H and O–H groups in total. The minimum atomic E-state index is -0.701. The first-order valence-corrected chi connectivity index (χ1v) is 8.23. The Morgan fingerprint density at radius 1 is 1.17 bits per heavy atom. The number of nitro groups is 1. The number of hydrogen-bond donors (Lipinski definition) is 3. The summed E-state index contributed by atoms with van der Waals surface area (Å²) < 4.78 is 0. The predicted molar refractivity (Wildman–Crippen MR) is 102 cm³/mol. The quantitative estimate of drug-likeness (QED) is 0.414. The number of carbonyl (C=O) groups excluding carboxylic acids is 1. The molecule has 0 bridgehead atoms. The van der Waals surface area contributed by atoms with E-state index in [0.717, 1.165) is 6.07 Å². The molecular weight excluding hydrogens is 308 g/mol. The van der Waals surface area contributed by atoms with Crippen molar-refractivity contribution >= 4 is 17.3 Å². The summed E-state index contributed by atoms with van der Waals surface area (Å²) in [5.74, 6) is -0.701. The number of nitrogens with one attached hydrogen (secondary N) is 1. The van der Waals surface area contributed by atoms with Crippen LogP contribution in [0.4, 0.5) is 11.4 Å². The zero-order chi connectivity index (χ0) is 19.5. The zero-order valence-corrected chi connectivity index (χ0v) is 15.6. The van der Waals surface area contributed by atoms with Crippen LogP contribution in [0, 0.1) is 10.1 Å². The Hall–Kier alpha value is -2.41. The highest BCUT2D eigenvalue weighted by Crippen LogP contribution is 2.25. The molecule has 24 heavy (non-hydrogen) atoms. The van der Waals surface area contributed by atoms with E-state index in [1.165, 1.54) is 12.1 Å². The lowest BCUT2D eigenvalue weighted by Gasteiger charge is -2.05. The van der Waals surface area contributed by atoms with Crippen LogP contribution in [0.2, 0.25) is 0 Å². The van der Waals surface area contributed by atoms with Gasteiger partial charge < -0.3 is 16.8 Å². The van der Waals surface area contributed by atoms with Gasteiger partial charge in [-0.25, -0.2) is 0 Å². The molecule has 0 atom stereocenters. The van der Waals surface area contributed by atoms with Gasteiger partial charge in [-0.3, -0.25) is 14.9 Å². The summed E-state index contributed by atoms with van der Waals surface area (Å²) in [5.41, 5.74) is 10.6. The van der Waals surface area contributed by atoms with Gasteiger partial charge in [-0.15, -0.1) is 0 Å². The van der Waals surface area contributed by atoms with Crippen LogP contribution in [0.3, 0.4) is 0 Å². The van der Waals surface area contributed by atoms with E-state index in [0.29, 0.717) is 18.8 Å². The van der Waals surface area contributed by atoms with Gasteiger partial charge in [-0.2, -0.15) is 0 Å². The molecule has 1 rings (SSSR count). The van der Waals surface area contributed by atoms with Gasteiger partial charge in [0, 0.05) is 24.7 Å². The lowest BCUT2D eigenvalue weighted by Crippen LogP contribution is -2.12. The molecule has 138 valence electrons. The van der Waals surface area contributed by atoms with Crippen LogP contribution in [0.1, 0.15) is 51.9 Å². The van der Waals surface area contributed by atoms with Crippen molar-refractivity contribution in [3.8, 4) is 0 Å². The number of anilines is 1. The first kappa shape index (κ1) is 26.5. The molecular formula is C17H32N4O3. The van der Waals surface area contributed by atoms with Gasteiger partial charge in [0.2, 0.25) is 5.91 Å². The normalized spacial score (nSPS) is 8.62. The summed E-state index contributed by atoms with van der Waals surface area (Å²) in [6, 6.07) is 4.04. The van der Waals surface area contributed by atoms with Gasteiger partial charge >= 0.3 is 0 Å². The molecule has 0 saturated heterocycles. The first-order chi connectivity index (χ1) is 11.6. The number of primary amides is 1. The van der Waals surface area contributed by atoms with Crippen molar-refractivity contribution in [2.75, 3.05) is 18.4 Å². The SMILES string of the molecule is CC.CC.CC.NC/C=C/CNc1ccc(C(N)=O)cc1[N+](=O)[O-]. The molecule has 0 aliphatic rings. The van der Waals surface area contributed by atoms with Crippen molar-refractivity contribution in [1.82, 2.24) is 0 Å². The van der Waals surface area contributed by atoms with Gasteiger partial charge in [0.15, 0.2) is 0 Å². The highest BCUT2D eigenvalue weighted by atomic mass is 16.6. The smallest absolute Gasteiger partial charge is 0.293 e. The van der Waals surface area contributed by atoms with Crippen LogP contribution in [-0.4, -0.2) is 23.9 Å². The Morgan fingerprint density at radius 2 is 1.71 bits per heavy atom. The van der Waals surface area contributed by atoms with Crippen molar-refractivity contribution in [1.29, 1.82) is 0 Å². The molecule has 1 aromatic carbocycles. The fourth-order valence-corrected chi connectivity index (χ4v) is 1.33. The van der Waals surface area contributed by atoms with Gasteiger partial charge in [-0.1, -0.05) is 53.7 Å². The number of nitrogens with two attached hydrogens (primary N) is 2. The summed E-state index contributed by atoms with van der Waals surface area (Å²) in [5, 5.41) is 13.7. The number of nitrogens with zero attached hydrogens (tertiary/aromatic N) is 1. The minimum Gasteiger partial charge on any atom is -0.376 e. The molecule has 0 fully saturated rings. The second-order valence-electron chi connectivity index (χ2n) is 3.44. The molecule has 0 unspecified atom stereocenters. The van der Waals surface area contributed by atoms with E-state index in [2.05, 4.69) is 5.32 Å². The van der Waals surface area contributed by atoms with E-state index in [1.807, 2.05) is 41.5 Å². The number of hydrogen-bond acceptors (Lipinski definition) is 5. The molecule has 0 heterocycles. The number of rotatable bonds is 6. The number of nitro benzene ring substituents is 1. The van der Waals surface area contributed by atoms with Crippen LogP contribution >= 0.6 is 0 Å². The Morgan fingerprint density at radius 3 is 2.12 bits per heavy atom. The summed E-state index contributed by atoms with van der Waals surface area (Å²) in [4.78, 5) is 21.2. The Balaban J connectivity index is -0.000000659. The van der Waals surface area contributed by atoms with Crippen LogP contribution in [0.25, 0.3) is 0 Å². The summed E-state index contributed by atoms with van der Waals surface area (Å²) in [6.07, 6.45) is 3.49. The summed E-state index contributed by atoms with van der Waals surface area (Å²) in [6.45, 7) is 12.8. The Labute approximate surface area is 145 Å². The van der Waals surface area contributed by atoms with E-state index >= 15 is 0 Å². The van der Waals surface area contributed by atoms with Crippen molar-refractivity contribution in [3.05, 3.63) is 46.0 Å². The standard InChI is InChI=1S/C11H14N4O3.3C2H6/c12-5-1-2-6-14-9-4-3-8(11(13)16)7-10(9)15(17)18;3*1-2/h1-4,7,14H,5-6,12H2,(H2,13,16);3*1-2H3/b2-1+;;;. The van der Waals surface area contributed by atoms with Gasteiger partial charge in [0.05, 0.1) is 4.92 Å². The molecule has 0 saturated carbocycles. The molecule has 7 heteroatoms. The molecule has 1 amide bonds. The van der Waals surface area contributed by atoms with E-state index in [-0.39, 0.29) is 11.3 Å². The first-order valence-electron chi connectivity index (χ1n) is 8.23. The van der Waals surface area contributed by atoms with Crippen molar-refractivity contribution < 1.29 is 9.72 Å². The average Bonchev–Trinajstić information content (AvgIpc) is 2.63. The summed E-state index contributed by atoms with van der Waals surface area (Å²) >= 11 is 0. The fraction of sp³-hybridized carbons (Fsp3) is 0.471. The molecule has 0 aliphatic heterocycles. The van der Waals surface area contributed by atoms with Crippen molar-refractivity contribution in [2.45, 2.75) is 41.5 Å². The third-order valence-corrected chi connectivity index (χ3v) is 2.19. The van der Waals surface area contributed by atoms with E-state index in [4.69, 9.17) is 11.5 Å². The third-order valence-electron chi connectivity index (χ3n) is 2.19. The monoisotopic (exact) mass is 340 g/mol. The molecule has 0 radical (unpaired) electrons. The lowest BCUT2D eigenvalue weighted by atomic mass is 10.1. The molecule has 7 nitrogen and oxygen atoms in total. The van der Waals surface area contributed by atoms with Gasteiger partial charge in [0.25, 0.3) is 5.69 Å². The summed E-state index contributed by atoms with van der Waals surface area (Å²) in [7, 11) is 0. The zero-order valence-electron chi connectivity index (χ0n) is 15.6. The topological polar surface area (TPSA) is 124 Å². The maximum Gasteiger partial charge on any atom is 0.293 e. The third kappa shape index (κ3) is 11.2. The number of benzene rings is 1. The average molecular weight is 340 g/mol.